The number of anilines is 1. The van der Waals surface area contributed by atoms with Crippen LogP contribution in [0.1, 0.15) is 50.5 Å². The Balaban J connectivity index is 1.63. The highest BCUT2D eigenvalue weighted by atomic mass is 16.6. The van der Waals surface area contributed by atoms with Gasteiger partial charge in [-0.2, -0.15) is 0 Å². The number of aryl methyl sites for hydroxylation is 1. The molecule has 0 aliphatic heterocycles. The molecule has 1 aliphatic rings. The van der Waals surface area contributed by atoms with E-state index >= 15 is 0 Å². The van der Waals surface area contributed by atoms with Gasteiger partial charge in [0, 0.05) is 19.6 Å². The number of carbonyl (C=O) groups is 1. The summed E-state index contributed by atoms with van der Waals surface area (Å²) >= 11 is 0. The minimum Gasteiger partial charge on any atom is -0.467 e. The van der Waals surface area contributed by atoms with Crippen LogP contribution in [0.4, 0.5) is 10.5 Å². The number of nitrogens with one attached hydrogen (secondary N) is 2. The van der Waals surface area contributed by atoms with Gasteiger partial charge in [0.1, 0.15) is 11.4 Å². The molecule has 0 spiro atoms. The van der Waals surface area contributed by atoms with Crippen LogP contribution in [-0.4, -0.2) is 30.7 Å². The van der Waals surface area contributed by atoms with Crippen molar-refractivity contribution in [1.29, 1.82) is 0 Å². The molecule has 1 aliphatic carbocycles. The second kappa shape index (κ2) is 9.24. The van der Waals surface area contributed by atoms with Crippen molar-refractivity contribution in [1.82, 2.24) is 10.6 Å². The summed E-state index contributed by atoms with van der Waals surface area (Å²) in [5, 5.41) is 6.53. The lowest BCUT2D eigenvalue weighted by Crippen LogP contribution is -2.38. The molecule has 1 aromatic carbocycles. The van der Waals surface area contributed by atoms with Crippen molar-refractivity contribution in [2.24, 2.45) is 4.99 Å². The van der Waals surface area contributed by atoms with Gasteiger partial charge in [0.05, 0.1) is 18.5 Å². The quantitative estimate of drug-likeness (QED) is 0.544. The molecule has 1 amide bonds. The molecular formula is C23H32N4O3. The zero-order chi connectivity index (χ0) is 21.7. The highest BCUT2D eigenvalue weighted by Gasteiger charge is 2.37. The molecule has 1 fully saturated rings. The van der Waals surface area contributed by atoms with Crippen LogP contribution in [0.2, 0.25) is 0 Å². The van der Waals surface area contributed by atoms with Gasteiger partial charge in [-0.05, 0) is 69.9 Å². The fourth-order valence-electron chi connectivity index (χ4n) is 3.18. The Labute approximate surface area is 178 Å². The molecule has 0 unspecified atom stereocenters. The predicted octanol–water partition coefficient (Wildman–Crippen LogP) is 4.36. The molecule has 162 valence electrons. The minimum atomic E-state index is -0.513. The molecule has 3 rings (SSSR count). The monoisotopic (exact) mass is 412 g/mol. The smallest absolute Gasteiger partial charge is 0.415 e. The van der Waals surface area contributed by atoms with Gasteiger partial charge in [-0.3, -0.25) is 9.89 Å². The molecule has 2 aromatic rings. The largest absolute Gasteiger partial charge is 0.467 e. The van der Waals surface area contributed by atoms with Crippen LogP contribution >= 0.6 is 0 Å². The Hall–Kier alpha value is -2.96. The molecular weight excluding hydrogens is 380 g/mol. The van der Waals surface area contributed by atoms with E-state index in [0.29, 0.717) is 19.0 Å². The zero-order valence-electron chi connectivity index (χ0n) is 18.5. The first kappa shape index (κ1) is 21.7. The zero-order valence-corrected chi connectivity index (χ0v) is 18.5. The van der Waals surface area contributed by atoms with Crippen LogP contribution in [0.15, 0.2) is 46.0 Å². The Morgan fingerprint density at radius 1 is 1.23 bits per heavy atom. The van der Waals surface area contributed by atoms with Crippen LogP contribution in [-0.2, 0) is 17.8 Å². The summed E-state index contributed by atoms with van der Waals surface area (Å²) < 4.78 is 11.0. The number of amides is 1. The van der Waals surface area contributed by atoms with Crippen molar-refractivity contribution in [2.75, 3.05) is 11.9 Å². The average molecular weight is 413 g/mol. The van der Waals surface area contributed by atoms with Crippen molar-refractivity contribution >= 4 is 17.7 Å². The molecule has 30 heavy (non-hydrogen) atoms. The normalized spacial score (nSPS) is 14.4. The fourth-order valence-corrected chi connectivity index (χ4v) is 3.18. The molecule has 7 nitrogen and oxygen atoms in total. The third-order valence-corrected chi connectivity index (χ3v) is 4.72. The van der Waals surface area contributed by atoms with E-state index in [1.807, 2.05) is 56.9 Å². The molecule has 0 atom stereocenters. The van der Waals surface area contributed by atoms with E-state index in [1.165, 1.54) is 0 Å². The number of hydrogen-bond donors (Lipinski definition) is 2. The third-order valence-electron chi connectivity index (χ3n) is 4.72. The lowest BCUT2D eigenvalue weighted by molar-refractivity contribution is 0.0577. The number of guanidine groups is 1. The summed E-state index contributed by atoms with van der Waals surface area (Å²) in [5.74, 6) is 1.54. The standard InChI is InChI=1S/C23H32N4O3/c1-16-13-17(14-25-21(24-5)26-15-19-7-6-12-29-19)8-11-20(16)27(18-9-10-18)22(28)30-23(2,3)4/h6-8,11-13,18H,9-10,14-15H2,1-5H3,(H2,24,25,26). The molecule has 1 saturated carbocycles. The molecule has 2 N–H and O–H groups in total. The number of benzene rings is 1. The Kier molecular flexibility index (Phi) is 6.70. The number of aliphatic imine (C=N–C) groups is 1. The Morgan fingerprint density at radius 3 is 2.53 bits per heavy atom. The molecule has 7 heteroatoms. The van der Waals surface area contributed by atoms with Gasteiger partial charge >= 0.3 is 6.09 Å². The van der Waals surface area contributed by atoms with Gasteiger partial charge in [0.15, 0.2) is 5.96 Å². The molecule has 0 bridgehead atoms. The molecule has 1 heterocycles. The Morgan fingerprint density at radius 2 is 1.97 bits per heavy atom. The highest BCUT2D eigenvalue weighted by Crippen LogP contribution is 2.35. The highest BCUT2D eigenvalue weighted by molar-refractivity contribution is 5.90. The van der Waals surface area contributed by atoms with Gasteiger partial charge in [-0.1, -0.05) is 12.1 Å². The summed E-state index contributed by atoms with van der Waals surface area (Å²) in [6, 6.07) is 10.1. The van der Waals surface area contributed by atoms with Crippen molar-refractivity contribution in [3.05, 3.63) is 53.5 Å². The van der Waals surface area contributed by atoms with E-state index in [0.717, 1.165) is 35.4 Å². The lowest BCUT2D eigenvalue weighted by atomic mass is 10.1. The second-order valence-electron chi connectivity index (χ2n) is 8.56. The van der Waals surface area contributed by atoms with Crippen LogP contribution in [0.5, 0.6) is 0 Å². The maximum atomic E-state index is 12.8. The van der Waals surface area contributed by atoms with E-state index in [-0.39, 0.29) is 12.1 Å². The number of hydrogen-bond acceptors (Lipinski definition) is 4. The SMILES string of the molecule is CN=C(NCc1ccc(N(C(=O)OC(C)(C)C)C2CC2)c(C)c1)NCc1ccco1. The van der Waals surface area contributed by atoms with E-state index < -0.39 is 5.60 Å². The van der Waals surface area contributed by atoms with Crippen LogP contribution in [0.25, 0.3) is 0 Å². The summed E-state index contributed by atoms with van der Waals surface area (Å²) in [7, 11) is 1.74. The number of furan rings is 1. The van der Waals surface area contributed by atoms with Gasteiger partial charge in [-0.25, -0.2) is 4.79 Å². The van der Waals surface area contributed by atoms with Gasteiger partial charge < -0.3 is 19.8 Å². The first-order valence-electron chi connectivity index (χ1n) is 10.4. The summed E-state index contributed by atoms with van der Waals surface area (Å²) in [6.07, 6.45) is 3.40. The van der Waals surface area contributed by atoms with Crippen molar-refractivity contribution in [2.45, 2.75) is 65.3 Å². The van der Waals surface area contributed by atoms with Crippen molar-refractivity contribution in [3.63, 3.8) is 0 Å². The van der Waals surface area contributed by atoms with Crippen LogP contribution in [0, 0.1) is 6.92 Å². The average Bonchev–Trinajstić information content (AvgIpc) is 3.36. The third kappa shape index (κ3) is 6.02. The summed E-state index contributed by atoms with van der Waals surface area (Å²) in [6.45, 7) is 8.90. The van der Waals surface area contributed by atoms with E-state index in [4.69, 9.17) is 9.15 Å². The number of rotatable bonds is 6. The summed E-state index contributed by atoms with van der Waals surface area (Å²) in [4.78, 5) is 18.8. The van der Waals surface area contributed by atoms with E-state index in [2.05, 4.69) is 21.7 Å². The minimum absolute atomic E-state index is 0.229. The van der Waals surface area contributed by atoms with Gasteiger partial charge in [-0.15, -0.1) is 0 Å². The van der Waals surface area contributed by atoms with Crippen molar-refractivity contribution in [3.8, 4) is 0 Å². The number of carbonyl (C=O) groups excluding carboxylic acids is 1. The lowest BCUT2D eigenvalue weighted by Gasteiger charge is -2.28. The first-order chi connectivity index (χ1) is 14.3. The Bertz CT molecular complexity index is 880. The fraction of sp³-hybridized carbons (Fsp3) is 0.478. The second-order valence-corrected chi connectivity index (χ2v) is 8.56. The first-order valence-corrected chi connectivity index (χ1v) is 10.4. The number of ether oxygens (including phenoxy) is 1. The van der Waals surface area contributed by atoms with Gasteiger partial charge in [0.25, 0.3) is 0 Å². The molecule has 1 aromatic heterocycles. The molecule has 0 radical (unpaired) electrons. The predicted molar refractivity (Wildman–Crippen MR) is 119 cm³/mol. The maximum Gasteiger partial charge on any atom is 0.415 e. The van der Waals surface area contributed by atoms with Crippen molar-refractivity contribution < 1.29 is 13.9 Å². The van der Waals surface area contributed by atoms with Gasteiger partial charge in [0.2, 0.25) is 0 Å². The van der Waals surface area contributed by atoms with Crippen LogP contribution in [0.3, 0.4) is 0 Å². The topological polar surface area (TPSA) is 79.1 Å². The van der Waals surface area contributed by atoms with E-state index in [9.17, 15) is 4.79 Å². The summed E-state index contributed by atoms with van der Waals surface area (Å²) in [5.41, 5.74) is 2.55. The van der Waals surface area contributed by atoms with Crippen LogP contribution < -0.4 is 15.5 Å². The van der Waals surface area contributed by atoms with E-state index in [1.54, 1.807) is 13.3 Å². The molecule has 0 saturated heterocycles. The number of nitrogens with zero attached hydrogens (tertiary/aromatic N) is 2. The maximum absolute atomic E-state index is 12.8.